The van der Waals surface area contributed by atoms with Crippen molar-refractivity contribution >= 4 is 0 Å². The number of hydrogen-bond acceptors (Lipinski definition) is 4. The Morgan fingerprint density at radius 1 is 1.05 bits per heavy atom. The minimum absolute atomic E-state index is 0.489. The molecular formula is C14H23N5. The van der Waals surface area contributed by atoms with Gasteiger partial charge in [0.25, 0.3) is 0 Å². The summed E-state index contributed by atoms with van der Waals surface area (Å²) in [5.41, 5.74) is 0. The normalized spacial score (nSPS) is 30.0. The molecule has 0 spiro atoms. The molecule has 4 rings (SSSR count). The summed E-state index contributed by atoms with van der Waals surface area (Å²) in [4.78, 5) is 7.45. The van der Waals surface area contributed by atoms with E-state index in [1.54, 1.807) is 0 Å². The van der Waals surface area contributed by atoms with Crippen LogP contribution in [0.3, 0.4) is 0 Å². The molecule has 19 heavy (non-hydrogen) atoms. The van der Waals surface area contributed by atoms with Gasteiger partial charge in [-0.25, -0.2) is 4.98 Å². The Bertz CT molecular complexity index is 433. The lowest BCUT2D eigenvalue weighted by Gasteiger charge is -2.34. The number of H-pyrrole nitrogens is 1. The quantitative estimate of drug-likeness (QED) is 0.867. The van der Waals surface area contributed by atoms with E-state index in [2.05, 4.69) is 20.4 Å². The Balaban J connectivity index is 1.51. The monoisotopic (exact) mass is 261 g/mol. The van der Waals surface area contributed by atoms with Crippen LogP contribution >= 0.6 is 0 Å². The van der Waals surface area contributed by atoms with Crippen LogP contribution in [0.5, 0.6) is 0 Å². The number of hydrogen-bond donors (Lipinski definition) is 2. The molecule has 3 fully saturated rings. The van der Waals surface area contributed by atoms with Gasteiger partial charge >= 0.3 is 0 Å². The summed E-state index contributed by atoms with van der Waals surface area (Å²) in [6.07, 6.45) is 7.65. The molecule has 0 radical (unpaired) electrons. The molecule has 5 heteroatoms. The lowest BCUT2D eigenvalue weighted by molar-refractivity contribution is 0.143. The van der Waals surface area contributed by atoms with Crippen molar-refractivity contribution in [3.8, 4) is 0 Å². The standard InChI is InChI=1S/C14H23N5/c1-2-12(14-16-13(17-18-14)10-3-4-10)19(9-1)11-5-7-15-8-6-11/h10-12,15H,1-9H2,(H,16,17,18). The van der Waals surface area contributed by atoms with E-state index in [0.717, 1.165) is 30.8 Å². The first-order valence-electron chi connectivity index (χ1n) is 7.80. The molecule has 0 aromatic carbocycles. The van der Waals surface area contributed by atoms with E-state index < -0.39 is 0 Å². The zero-order chi connectivity index (χ0) is 12.7. The second kappa shape index (κ2) is 4.87. The third-order valence-electron chi connectivity index (χ3n) is 4.85. The molecule has 2 saturated heterocycles. The Labute approximate surface area is 114 Å². The highest BCUT2D eigenvalue weighted by atomic mass is 15.3. The van der Waals surface area contributed by atoms with Gasteiger partial charge in [0.05, 0.1) is 6.04 Å². The number of aromatic nitrogens is 3. The van der Waals surface area contributed by atoms with E-state index >= 15 is 0 Å². The minimum atomic E-state index is 0.489. The lowest BCUT2D eigenvalue weighted by Crippen LogP contribution is -2.42. The van der Waals surface area contributed by atoms with Crippen LogP contribution in [0.1, 0.15) is 62.1 Å². The summed E-state index contributed by atoms with van der Waals surface area (Å²) in [5.74, 6) is 2.84. The topological polar surface area (TPSA) is 56.8 Å². The van der Waals surface area contributed by atoms with Gasteiger partial charge in [-0.2, -0.15) is 5.10 Å². The van der Waals surface area contributed by atoms with Crippen molar-refractivity contribution in [3.63, 3.8) is 0 Å². The van der Waals surface area contributed by atoms with Crippen molar-refractivity contribution in [1.29, 1.82) is 0 Å². The molecule has 2 aliphatic heterocycles. The maximum atomic E-state index is 4.78. The highest BCUT2D eigenvalue weighted by Gasteiger charge is 2.35. The van der Waals surface area contributed by atoms with Gasteiger partial charge in [-0.1, -0.05) is 0 Å². The number of likely N-dealkylation sites (tertiary alicyclic amines) is 1. The molecule has 5 nitrogen and oxygen atoms in total. The van der Waals surface area contributed by atoms with Crippen molar-refractivity contribution in [3.05, 3.63) is 11.6 Å². The number of rotatable bonds is 3. The zero-order valence-corrected chi connectivity index (χ0v) is 11.4. The van der Waals surface area contributed by atoms with Gasteiger partial charge in [-0.3, -0.25) is 10.00 Å². The van der Waals surface area contributed by atoms with Crippen molar-refractivity contribution < 1.29 is 0 Å². The van der Waals surface area contributed by atoms with E-state index in [1.165, 1.54) is 45.1 Å². The predicted molar refractivity (Wildman–Crippen MR) is 72.9 cm³/mol. The number of nitrogens with one attached hydrogen (secondary N) is 2. The fraction of sp³-hybridized carbons (Fsp3) is 0.857. The van der Waals surface area contributed by atoms with Crippen LogP contribution in [0, 0.1) is 0 Å². The van der Waals surface area contributed by atoms with Crippen LogP contribution in [-0.2, 0) is 0 Å². The van der Waals surface area contributed by atoms with Gasteiger partial charge in [-0.05, 0) is 58.2 Å². The summed E-state index contributed by atoms with van der Waals surface area (Å²) in [7, 11) is 0. The molecule has 1 aliphatic carbocycles. The second-order valence-electron chi connectivity index (χ2n) is 6.23. The van der Waals surface area contributed by atoms with Crippen molar-refractivity contribution in [2.45, 2.75) is 56.5 Å². The molecule has 1 unspecified atom stereocenters. The zero-order valence-electron chi connectivity index (χ0n) is 11.4. The average Bonchev–Trinajstić information content (AvgIpc) is 3.02. The van der Waals surface area contributed by atoms with Crippen molar-refractivity contribution in [1.82, 2.24) is 25.4 Å². The van der Waals surface area contributed by atoms with E-state index in [0.29, 0.717) is 12.0 Å². The van der Waals surface area contributed by atoms with Crippen LogP contribution in [0.4, 0.5) is 0 Å². The molecule has 1 atom stereocenters. The Morgan fingerprint density at radius 3 is 2.68 bits per heavy atom. The lowest BCUT2D eigenvalue weighted by atomic mass is 10.0. The number of piperidine rings is 1. The van der Waals surface area contributed by atoms with Gasteiger partial charge in [0.1, 0.15) is 5.82 Å². The van der Waals surface area contributed by atoms with Crippen LogP contribution in [-0.4, -0.2) is 45.8 Å². The second-order valence-corrected chi connectivity index (χ2v) is 6.23. The highest BCUT2D eigenvalue weighted by molar-refractivity contribution is 5.08. The van der Waals surface area contributed by atoms with Crippen molar-refractivity contribution in [2.24, 2.45) is 0 Å². The average molecular weight is 261 g/mol. The molecule has 3 aliphatic rings. The summed E-state index contributed by atoms with van der Waals surface area (Å²) in [6.45, 7) is 3.56. The van der Waals surface area contributed by atoms with Crippen LogP contribution in [0.2, 0.25) is 0 Å². The molecule has 1 aromatic heterocycles. The third-order valence-corrected chi connectivity index (χ3v) is 4.85. The highest BCUT2D eigenvalue weighted by Crippen LogP contribution is 2.39. The van der Waals surface area contributed by atoms with Gasteiger partial charge in [0, 0.05) is 12.0 Å². The maximum absolute atomic E-state index is 4.78. The number of nitrogens with zero attached hydrogens (tertiary/aromatic N) is 3. The fourth-order valence-corrected chi connectivity index (χ4v) is 3.62. The smallest absolute Gasteiger partial charge is 0.153 e. The van der Waals surface area contributed by atoms with Gasteiger partial charge < -0.3 is 5.32 Å². The molecule has 1 aromatic rings. The Kier molecular flexibility index (Phi) is 3.04. The largest absolute Gasteiger partial charge is 0.317 e. The van der Waals surface area contributed by atoms with Gasteiger partial charge in [-0.15, -0.1) is 0 Å². The third kappa shape index (κ3) is 2.30. The van der Waals surface area contributed by atoms with E-state index in [1.807, 2.05) is 0 Å². The Hall–Kier alpha value is -0.940. The van der Waals surface area contributed by atoms with E-state index in [4.69, 9.17) is 4.98 Å². The first-order valence-corrected chi connectivity index (χ1v) is 7.80. The van der Waals surface area contributed by atoms with Crippen LogP contribution in [0.25, 0.3) is 0 Å². The summed E-state index contributed by atoms with van der Waals surface area (Å²) in [6, 6.07) is 1.23. The van der Waals surface area contributed by atoms with Crippen LogP contribution < -0.4 is 5.32 Å². The maximum Gasteiger partial charge on any atom is 0.153 e. The van der Waals surface area contributed by atoms with Gasteiger partial charge in [0.2, 0.25) is 0 Å². The molecule has 0 bridgehead atoms. The van der Waals surface area contributed by atoms with E-state index in [9.17, 15) is 0 Å². The summed E-state index contributed by atoms with van der Waals surface area (Å²) in [5, 5.41) is 11.1. The fourth-order valence-electron chi connectivity index (χ4n) is 3.62. The molecule has 3 heterocycles. The van der Waals surface area contributed by atoms with Gasteiger partial charge in [0.15, 0.2) is 5.82 Å². The summed E-state index contributed by atoms with van der Waals surface area (Å²) < 4.78 is 0. The number of aromatic amines is 1. The first-order chi connectivity index (χ1) is 9.42. The minimum Gasteiger partial charge on any atom is -0.317 e. The van der Waals surface area contributed by atoms with Crippen molar-refractivity contribution in [2.75, 3.05) is 19.6 Å². The first kappa shape index (κ1) is 11.9. The molecular weight excluding hydrogens is 238 g/mol. The Morgan fingerprint density at radius 2 is 1.89 bits per heavy atom. The van der Waals surface area contributed by atoms with E-state index in [-0.39, 0.29) is 0 Å². The predicted octanol–water partition coefficient (Wildman–Crippen LogP) is 1.57. The summed E-state index contributed by atoms with van der Waals surface area (Å²) >= 11 is 0. The molecule has 2 N–H and O–H groups in total. The SMILES string of the molecule is C1CC(c2nc(C3CC3)n[nH]2)N(C2CCNCC2)C1. The van der Waals surface area contributed by atoms with Crippen LogP contribution in [0.15, 0.2) is 0 Å². The molecule has 104 valence electrons. The molecule has 0 amide bonds. The molecule has 1 saturated carbocycles.